The first-order chi connectivity index (χ1) is 10.7. The van der Waals surface area contributed by atoms with Crippen LogP contribution in [0.4, 0.5) is 4.79 Å². The van der Waals surface area contributed by atoms with Gasteiger partial charge >= 0.3 is 6.03 Å². The topological polar surface area (TPSA) is 45.3 Å². The summed E-state index contributed by atoms with van der Waals surface area (Å²) in [7, 11) is 1.75. The number of methoxy groups -OCH3 is 1. The van der Waals surface area contributed by atoms with Crippen molar-refractivity contribution in [1.29, 1.82) is 0 Å². The highest BCUT2D eigenvalue weighted by Crippen LogP contribution is 2.33. The largest absolute Gasteiger partial charge is 0.383 e. The molecule has 3 saturated heterocycles. The van der Waals surface area contributed by atoms with Crippen molar-refractivity contribution in [2.24, 2.45) is 5.41 Å². The zero-order chi connectivity index (χ0) is 15.4. The normalized spacial score (nSPS) is 30.2. The van der Waals surface area contributed by atoms with Gasteiger partial charge in [0.25, 0.3) is 0 Å². The zero-order valence-electron chi connectivity index (χ0n) is 13.8. The number of carbonyl (C=O) groups is 1. The lowest BCUT2D eigenvalue weighted by atomic mass is 9.87. The van der Waals surface area contributed by atoms with Crippen LogP contribution in [-0.2, 0) is 9.47 Å². The number of carbonyl (C=O) groups excluding carboxylic acids is 1. The maximum atomic E-state index is 12.7. The number of urea groups is 1. The first-order valence-electron chi connectivity index (χ1n) is 8.55. The minimum atomic E-state index is 0.111. The summed E-state index contributed by atoms with van der Waals surface area (Å²) in [6, 6.07) is 0.220. The van der Waals surface area contributed by atoms with Crippen LogP contribution < -0.4 is 0 Å². The zero-order valence-corrected chi connectivity index (χ0v) is 13.8. The Morgan fingerprint density at radius 3 is 2.73 bits per heavy atom. The Kier molecular flexibility index (Phi) is 5.21. The highest BCUT2D eigenvalue weighted by Gasteiger charge is 2.42. The number of ether oxygens (including phenoxy) is 2. The van der Waals surface area contributed by atoms with Crippen molar-refractivity contribution >= 4 is 6.03 Å². The fourth-order valence-corrected chi connectivity index (χ4v) is 3.95. The van der Waals surface area contributed by atoms with E-state index in [0.717, 1.165) is 78.3 Å². The van der Waals surface area contributed by atoms with Crippen molar-refractivity contribution in [3.8, 4) is 0 Å². The molecule has 0 aromatic carbocycles. The quantitative estimate of drug-likeness (QED) is 0.776. The van der Waals surface area contributed by atoms with Gasteiger partial charge in [-0.3, -0.25) is 0 Å². The minimum absolute atomic E-state index is 0.111. The number of amides is 2. The molecule has 1 atom stereocenters. The highest BCUT2D eigenvalue weighted by molar-refractivity contribution is 5.74. The van der Waals surface area contributed by atoms with Crippen LogP contribution >= 0.6 is 0 Å². The average molecular weight is 311 g/mol. The predicted octanol–water partition coefficient (Wildman–Crippen LogP) is 0.873. The molecule has 1 unspecified atom stereocenters. The molecule has 0 N–H and O–H groups in total. The molecular formula is C16H29N3O3. The predicted molar refractivity (Wildman–Crippen MR) is 84.0 cm³/mol. The molecule has 3 fully saturated rings. The minimum Gasteiger partial charge on any atom is -0.383 e. The third kappa shape index (κ3) is 3.55. The van der Waals surface area contributed by atoms with E-state index >= 15 is 0 Å². The Bertz CT molecular complexity index is 387. The van der Waals surface area contributed by atoms with Crippen LogP contribution in [-0.4, -0.2) is 93.5 Å². The van der Waals surface area contributed by atoms with Gasteiger partial charge in [0.1, 0.15) is 0 Å². The Hall–Kier alpha value is -0.850. The van der Waals surface area contributed by atoms with Crippen LogP contribution in [0.2, 0.25) is 0 Å². The molecule has 0 aromatic rings. The van der Waals surface area contributed by atoms with E-state index in [-0.39, 0.29) is 11.4 Å². The van der Waals surface area contributed by atoms with Crippen molar-refractivity contribution in [2.45, 2.75) is 19.3 Å². The molecule has 0 bridgehead atoms. The highest BCUT2D eigenvalue weighted by atomic mass is 16.5. The molecule has 3 heterocycles. The Morgan fingerprint density at radius 1 is 1.14 bits per heavy atom. The Labute approximate surface area is 133 Å². The van der Waals surface area contributed by atoms with Crippen molar-refractivity contribution < 1.29 is 14.3 Å². The smallest absolute Gasteiger partial charge is 0.320 e. The number of rotatable bonds is 3. The molecule has 6 heteroatoms. The molecule has 1 spiro atoms. The summed E-state index contributed by atoms with van der Waals surface area (Å²) in [6.45, 7) is 8.69. The SMILES string of the molecule is COCCN1CCC2(COCCN(C(=O)N3CCCC3)C2)C1. The summed E-state index contributed by atoms with van der Waals surface area (Å²) >= 11 is 0. The van der Waals surface area contributed by atoms with Crippen LogP contribution in [0.3, 0.4) is 0 Å². The van der Waals surface area contributed by atoms with E-state index in [1.54, 1.807) is 7.11 Å². The first-order valence-corrected chi connectivity index (χ1v) is 8.55. The average Bonchev–Trinajstić information content (AvgIpc) is 3.13. The Balaban J connectivity index is 1.61. The molecule has 2 amide bonds. The van der Waals surface area contributed by atoms with Crippen molar-refractivity contribution in [3.63, 3.8) is 0 Å². The van der Waals surface area contributed by atoms with E-state index in [4.69, 9.17) is 9.47 Å². The summed E-state index contributed by atoms with van der Waals surface area (Å²) < 4.78 is 11.0. The van der Waals surface area contributed by atoms with Gasteiger partial charge in [0.2, 0.25) is 0 Å². The lowest BCUT2D eigenvalue weighted by Crippen LogP contribution is -2.48. The lowest BCUT2D eigenvalue weighted by molar-refractivity contribution is 0.0686. The van der Waals surface area contributed by atoms with Crippen LogP contribution in [0.15, 0.2) is 0 Å². The third-order valence-electron chi connectivity index (χ3n) is 5.22. The molecule has 6 nitrogen and oxygen atoms in total. The van der Waals surface area contributed by atoms with Gasteiger partial charge in [0.05, 0.1) is 19.8 Å². The van der Waals surface area contributed by atoms with Gasteiger partial charge in [-0.05, 0) is 25.8 Å². The maximum absolute atomic E-state index is 12.7. The molecule has 0 aromatic heterocycles. The molecule has 3 aliphatic heterocycles. The number of hydrogen-bond donors (Lipinski definition) is 0. The van der Waals surface area contributed by atoms with E-state index in [2.05, 4.69) is 4.90 Å². The van der Waals surface area contributed by atoms with Crippen molar-refractivity contribution in [3.05, 3.63) is 0 Å². The fourth-order valence-electron chi connectivity index (χ4n) is 3.95. The molecule has 0 aliphatic carbocycles. The summed E-state index contributed by atoms with van der Waals surface area (Å²) in [6.07, 6.45) is 3.40. The van der Waals surface area contributed by atoms with E-state index in [0.29, 0.717) is 6.61 Å². The Morgan fingerprint density at radius 2 is 1.95 bits per heavy atom. The molecule has 0 saturated carbocycles. The van der Waals surface area contributed by atoms with E-state index in [1.165, 1.54) is 0 Å². The van der Waals surface area contributed by atoms with Gasteiger partial charge < -0.3 is 24.2 Å². The summed E-state index contributed by atoms with van der Waals surface area (Å²) in [4.78, 5) is 19.2. The summed E-state index contributed by atoms with van der Waals surface area (Å²) in [5.41, 5.74) is 0.111. The molecule has 22 heavy (non-hydrogen) atoms. The lowest BCUT2D eigenvalue weighted by Gasteiger charge is -2.34. The second-order valence-electron chi connectivity index (χ2n) is 6.97. The first kappa shape index (κ1) is 16.0. The van der Waals surface area contributed by atoms with Crippen LogP contribution in [0.25, 0.3) is 0 Å². The van der Waals surface area contributed by atoms with Gasteiger partial charge in [0.15, 0.2) is 0 Å². The van der Waals surface area contributed by atoms with Gasteiger partial charge in [-0.15, -0.1) is 0 Å². The standard InChI is InChI=1S/C16H29N3O3/c1-21-10-8-17-7-4-16(12-17)13-19(9-11-22-14-16)15(20)18-5-2-3-6-18/h2-14H2,1H3. The van der Waals surface area contributed by atoms with Gasteiger partial charge in [-0.25, -0.2) is 4.79 Å². The second kappa shape index (κ2) is 7.15. The van der Waals surface area contributed by atoms with Gasteiger partial charge in [0, 0.05) is 51.8 Å². The van der Waals surface area contributed by atoms with Gasteiger partial charge in [-0.1, -0.05) is 0 Å². The molecular weight excluding hydrogens is 282 g/mol. The molecule has 0 radical (unpaired) electrons. The van der Waals surface area contributed by atoms with E-state index in [1.807, 2.05) is 9.80 Å². The van der Waals surface area contributed by atoms with Crippen LogP contribution in [0.5, 0.6) is 0 Å². The monoisotopic (exact) mass is 311 g/mol. The number of nitrogens with zero attached hydrogens (tertiary/aromatic N) is 3. The van der Waals surface area contributed by atoms with Crippen molar-refractivity contribution in [2.75, 3.05) is 72.7 Å². The fraction of sp³-hybridized carbons (Fsp3) is 0.938. The van der Waals surface area contributed by atoms with E-state index in [9.17, 15) is 4.79 Å². The second-order valence-corrected chi connectivity index (χ2v) is 6.97. The third-order valence-corrected chi connectivity index (χ3v) is 5.22. The maximum Gasteiger partial charge on any atom is 0.320 e. The molecule has 3 rings (SSSR count). The van der Waals surface area contributed by atoms with Crippen LogP contribution in [0, 0.1) is 5.41 Å². The number of likely N-dealkylation sites (tertiary alicyclic amines) is 2. The molecule has 126 valence electrons. The van der Waals surface area contributed by atoms with Crippen LogP contribution in [0.1, 0.15) is 19.3 Å². The summed E-state index contributed by atoms with van der Waals surface area (Å²) in [5, 5.41) is 0. The van der Waals surface area contributed by atoms with E-state index < -0.39 is 0 Å². The van der Waals surface area contributed by atoms with Crippen molar-refractivity contribution in [1.82, 2.24) is 14.7 Å². The number of hydrogen-bond acceptors (Lipinski definition) is 4. The molecule has 3 aliphatic rings. The van der Waals surface area contributed by atoms with Gasteiger partial charge in [-0.2, -0.15) is 0 Å². The summed E-state index contributed by atoms with van der Waals surface area (Å²) in [5.74, 6) is 0.